The van der Waals surface area contributed by atoms with Crippen LogP contribution in [-0.4, -0.2) is 39.9 Å². The first-order valence-electron chi connectivity index (χ1n) is 28.5. The molecule has 9 nitrogen and oxygen atoms in total. The van der Waals surface area contributed by atoms with E-state index in [1.54, 1.807) is 0 Å². The highest BCUT2D eigenvalue weighted by Gasteiger charge is 2.22. The average Bonchev–Trinajstić information content (AvgIpc) is 3.04. The van der Waals surface area contributed by atoms with Gasteiger partial charge in [-0.3, -0.25) is 0 Å². The second kappa shape index (κ2) is 20.7. The van der Waals surface area contributed by atoms with E-state index in [0.29, 0.717) is 0 Å². The van der Waals surface area contributed by atoms with Crippen LogP contribution in [0.15, 0.2) is 231 Å². The molecule has 400 valence electrons. The highest BCUT2D eigenvalue weighted by Crippen LogP contribution is 2.42. The summed E-state index contributed by atoms with van der Waals surface area (Å²) in [5, 5.41) is 4.07. The summed E-state index contributed by atoms with van der Waals surface area (Å²) in [7, 11) is 0. The lowest BCUT2D eigenvalue weighted by Gasteiger charge is -2.10. The van der Waals surface area contributed by atoms with Crippen molar-refractivity contribution in [1.29, 1.82) is 0 Å². The van der Waals surface area contributed by atoms with E-state index in [1.165, 1.54) is 0 Å². The van der Waals surface area contributed by atoms with Crippen LogP contribution in [0.3, 0.4) is 0 Å². The number of aromatic nitrogens is 8. The first kappa shape index (κ1) is 49.2. The van der Waals surface area contributed by atoms with Crippen molar-refractivity contribution in [2.24, 2.45) is 0 Å². The van der Waals surface area contributed by atoms with Crippen LogP contribution >= 0.6 is 0 Å². The van der Waals surface area contributed by atoms with Crippen molar-refractivity contribution in [1.82, 2.24) is 39.9 Å². The maximum Gasteiger partial charge on any atom is 0.0894 e. The number of anilines is 2. The highest BCUT2D eigenvalue weighted by molar-refractivity contribution is 6.03. The molecule has 0 fully saturated rings. The Morgan fingerprint density at radius 3 is 0.588 bits per heavy atom. The van der Waals surface area contributed by atoms with E-state index in [9.17, 15) is 0 Å². The van der Waals surface area contributed by atoms with Gasteiger partial charge in [0.25, 0.3) is 0 Å². The number of rotatable bonds is 8. The van der Waals surface area contributed by atoms with Gasteiger partial charge in [0.1, 0.15) is 0 Å². The first-order chi connectivity index (χ1) is 42.1. The molecule has 16 rings (SSSR count). The Kier molecular flexibility index (Phi) is 12.0. The Hall–Kier alpha value is -11.7. The number of fused-ring (bicyclic) bond motifs is 16. The van der Waals surface area contributed by atoms with Gasteiger partial charge >= 0.3 is 0 Å². The molecule has 0 saturated heterocycles. The molecule has 0 atom stereocenters. The molecule has 10 heterocycles. The first-order valence-corrected chi connectivity index (χ1v) is 28.5. The minimum absolute atomic E-state index is 0.728. The van der Waals surface area contributed by atoms with Gasteiger partial charge in [-0.25, -0.2) is 19.9 Å². The summed E-state index contributed by atoms with van der Waals surface area (Å²) in [6.45, 7) is 0. The van der Waals surface area contributed by atoms with Gasteiger partial charge in [-0.15, -0.1) is 0 Å². The minimum Gasteiger partial charge on any atom is -0.354 e. The molecule has 0 aliphatic carbocycles. The van der Waals surface area contributed by atoms with Crippen LogP contribution in [0.25, 0.3) is 160 Å². The highest BCUT2D eigenvalue weighted by atomic mass is 15.0. The van der Waals surface area contributed by atoms with Crippen molar-refractivity contribution in [3.8, 4) is 66.8 Å². The number of hydrogen-bond acceptors (Lipinski definition) is 5. The van der Waals surface area contributed by atoms with E-state index >= 15 is 0 Å². The Morgan fingerprint density at radius 1 is 0.188 bits per heavy atom. The molecular formula is C76H51N9. The molecule has 0 saturated carbocycles. The SMILES string of the molecule is C1=Cc2nc1c(Nc1c3nc(c(-c4ccccc4)c4ccc([nH]4)c(-c4ccccc4)c4nc(c(-c5ccccc5)c5ccc1[nH]5)C=C4)C=C3)c1ccc([nH]1)c(-c1ccccc1)c1nc(c(-c3ccccc3)c3ccc([nH]3)c2-c2ccccc2)C=C1. The number of aromatic amines is 4. The molecule has 16 bridgehead atoms. The normalized spacial score (nSPS) is 12.3. The lowest BCUT2D eigenvalue weighted by atomic mass is 10.0. The Bertz CT molecular complexity index is 4710. The van der Waals surface area contributed by atoms with Crippen LogP contribution < -0.4 is 5.32 Å². The molecule has 9 heteroatoms. The summed E-state index contributed by atoms with van der Waals surface area (Å²) in [4.78, 5) is 37.9. The van der Waals surface area contributed by atoms with Gasteiger partial charge in [0, 0.05) is 66.5 Å². The van der Waals surface area contributed by atoms with Gasteiger partial charge in [0.15, 0.2) is 0 Å². The number of H-pyrrole nitrogens is 4. The van der Waals surface area contributed by atoms with Gasteiger partial charge in [-0.05, 0) is 131 Å². The maximum atomic E-state index is 5.64. The van der Waals surface area contributed by atoms with Crippen LogP contribution in [0, 0.1) is 0 Å². The Labute approximate surface area is 489 Å². The van der Waals surface area contributed by atoms with Crippen molar-refractivity contribution >= 4 is 104 Å². The van der Waals surface area contributed by atoms with Crippen LogP contribution in [0.5, 0.6) is 0 Å². The molecule has 4 aliphatic rings. The third-order valence-corrected chi connectivity index (χ3v) is 16.1. The second-order valence-electron chi connectivity index (χ2n) is 21.3. The quantitative estimate of drug-likeness (QED) is 0.104. The molecule has 4 aliphatic heterocycles. The molecule has 6 aromatic heterocycles. The summed E-state index contributed by atoms with van der Waals surface area (Å²) >= 11 is 0. The summed E-state index contributed by atoms with van der Waals surface area (Å²) < 4.78 is 0. The molecule has 6 aromatic carbocycles. The van der Waals surface area contributed by atoms with Gasteiger partial charge in [-0.2, -0.15) is 0 Å². The van der Waals surface area contributed by atoms with Crippen LogP contribution in [0.4, 0.5) is 11.4 Å². The molecular weight excluding hydrogens is 1040 g/mol. The smallest absolute Gasteiger partial charge is 0.0894 e. The van der Waals surface area contributed by atoms with E-state index in [0.717, 1.165) is 168 Å². The zero-order valence-corrected chi connectivity index (χ0v) is 45.8. The van der Waals surface area contributed by atoms with Crippen molar-refractivity contribution < 1.29 is 0 Å². The predicted molar refractivity (Wildman–Crippen MR) is 354 cm³/mol. The lowest BCUT2D eigenvalue weighted by molar-refractivity contribution is 1.29. The topological polar surface area (TPSA) is 127 Å². The van der Waals surface area contributed by atoms with E-state index in [2.05, 4.69) is 304 Å². The number of hydrogen-bond donors (Lipinski definition) is 5. The third kappa shape index (κ3) is 8.91. The predicted octanol–water partition coefficient (Wildman–Crippen LogP) is 19.4. The van der Waals surface area contributed by atoms with Gasteiger partial charge in [0.05, 0.1) is 68.0 Å². The zero-order valence-electron chi connectivity index (χ0n) is 45.8. The van der Waals surface area contributed by atoms with Crippen LogP contribution in [-0.2, 0) is 0 Å². The number of nitrogens with one attached hydrogen (secondary N) is 5. The standard InChI is InChI=1S/C76H51N9/c1-7-19-47(20-8-1)69-53-31-35-57(77-53)71(49-23-11-3-12-24-49)61-39-43-65(81-61)75(66-44-40-62(82-66)72(50-25-13-4-14-26-50)58-36-32-54(69)78-58)85-76-67-45-41-63(83-67)73(51-27-15-5-16-28-51)59-37-33-55(79-59)70(48-21-9-2-10-22-48)56-34-38-60(80-56)74(52-29-17-6-18-30-52)64-42-46-68(76)84-64/h1-46,77,79,82,84-85H. The lowest BCUT2D eigenvalue weighted by Crippen LogP contribution is -1.98. The van der Waals surface area contributed by atoms with Crippen molar-refractivity contribution in [3.63, 3.8) is 0 Å². The Balaban J connectivity index is 1.02. The second-order valence-corrected chi connectivity index (χ2v) is 21.3. The van der Waals surface area contributed by atoms with Gasteiger partial charge < -0.3 is 25.3 Å². The van der Waals surface area contributed by atoms with E-state index in [1.807, 2.05) is 0 Å². The largest absolute Gasteiger partial charge is 0.354 e. The molecule has 85 heavy (non-hydrogen) atoms. The molecule has 5 N–H and O–H groups in total. The average molecular weight is 1090 g/mol. The molecule has 0 spiro atoms. The summed E-state index contributed by atoms with van der Waals surface area (Å²) in [6, 6.07) is 80.3. The fourth-order valence-corrected chi connectivity index (χ4v) is 12.3. The summed E-state index contributed by atoms with van der Waals surface area (Å²) in [6.07, 6.45) is 17.0. The third-order valence-electron chi connectivity index (χ3n) is 16.1. The number of nitrogens with zero attached hydrogens (tertiary/aromatic N) is 4. The van der Waals surface area contributed by atoms with Crippen LogP contribution in [0.2, 0.25) is 0 Å². The minimum atomic E-state index is 0.728. The fraction of sp³-hybridized carbons (Fsp3) is 0. The van der Waals surface area contributed by atoms with Gasteiger partial charge in [-0.1, -0.05) is 182 Å². The van der Waals surface area contributed by atoms with Crippen molar-refractivity contribution in [2.45, 2.75) is 0 Å². The molecule has 0 unspecified atom stereocenters. The van der Waals surface area contributed by atoms with E-state index < -0.39 is 0 Å². The van der Waals surface area contributed by atoms with E-state index in [4.69, 9.17) is 19.9 Å². The maximum absolute atomic E-state index is 5.64. The van der Waals surface area contributed by atoms with Crippen molar-refractivity contribution in [2.75, 3.05) is 5.32 Å². The molecule has 0 amide bonds. The number of benzene rings is 6. The van der Waals surface area contributed by atoms with Gasteiger partial charge in [0.2, 0.25) is 0 Å². The van der Waals surface area contributed by atoms with E-state index in [-0.39, 0.29) is 0 Å². The summed E-state index contributed by atoms with van der Waals surface area (Å²) in [5.41, 5.74) is 27.2. The fourth-order valence-electron chi connectivity index (χ4n) is 12.3. The Morgan fingerprint density at radius 2 is 0.365 bits per heavy atom. The summed E-state index contributed by atoms with van der Waals surface area (Å²) in [5.74, 6) is 0. The van der Waals surface area contributed by atoms with Crippen LogP contribution in [0.1, 0.15) is 45.6 Å². The monoisotopic (exact) mass is 1090 g/mol. The molecule has 0 radical (unpaired) electrons. The van der Waals surface area contributed by atoms with Crippen molar-refractivity contribution in [3.05, 3.63) is 276 Å². The zero-order chi connectivity index (χ0) is 56.2. The molecule has 12 aromatic rings.